The summed E-state index contributed by atoms with van der Waals surface area (Å²) >= 11 is 13.9. The fourth-order valence-corrected chi connectivity index (χ4v) is 7.82. The highest BCUT2D eigenvalue weighted by molar-refractivity contribution is 9.10. The second-order valence-corrected chi connectivity index (χ2v) is 12.2. The molecule has 0 bridgehead atoms. The van der Waals surface area contributed by atoms with Crippen molar-refractivity contribution in [2.24, 2.45) is 11.8 Å². The summed E-state index contributed by atoms with van der Waals surface area (Å²) in [6, 6.07) is 6.37. The van der Waals surface area contributed by atoms with E-state index in [0.29, 0.717) is 11.8 Å². The van der Waals surface area contributed by atoms with Gasteiger partial charge in [-0.3, -0.25) is 9.78 Å². The van der Waals surface area contributed by atoms with E-state index in [-0.39, 0.29) is 17.9 Å². The van der Waals surface area contributed by atoms with Gasteiger partial charge < -0.3 is 9.64 Å². The molecule has 1 aromatic carbocycles. The highest BCUT2D eigenvalue weighted by atomic mass is 79.9. The summed E-state index contributed by atoms with van der Waals surface area (Å²) < 4.78 is 7.66. The number of carbonyl (C=O) groups is 1. The van der Waals surface area contributed by atoms with E-state index in [2.05, 4.69) is 48.9 Å². The summed E-state index contributed by atoms with van der Waals surface area (Å²) in [6.07, 6.45) is 10.1. The third-order valence-corrected chi connectivity index (χ3v) is 9.36. The van der Waals surface area contributed by atoms with Crippen molar-refractivity contribution in [3.8, 4) is 0 Å². The molecule has 1 aliphatic heterocycles. The summed E-state index contributed by atoms with van der Waals surface area (Å²) in [6.45, 7) is 1.64. The van der Waals surface area contributed by atoms with Crippen LogP contribution >= 0.6 is 43.5 Å². The van der Waals surface area contributed by atoms with Gasteiger partial charge in [-0.1, -0.05) is 34.0 Å². The van der Waals surface area contributed by atoms with E-state index in [0.717, 1.165) is 78.4 Å². The van der Waals surface area contributed by atoms with Crippen LogP contribution in [0.1, 0.15) is 66.8 Å². The van der Waals surface area contributed by atoms with E-state index in [1.807, 2.05) is 12.3 Å². The number of hydrogen-bond acceptors (Lipinski definition) is 3. The van der Waals surface area contributed by atoms with Crippen LogP contribution in [-0.4, -0.2) is 42.1 Å². The number of aryl methyl sites for hydroxylation is 2. The highest BCUT2D eigenvalue weighted by Crippen LogP contribution is 2.46. The van der Waals surface area contributed by atoms with Gasteiger partial charge in [0.15, 0.2) is 0 Å². The van der Waals surface area contributed by atoms with Crippen LogP contribution in [0.15, 0.2) is 33.3 Å². The molecule has 1 amide bonds. The van der Waals surface area contributed by atoms with Crippen LogP contribution in [-0.2, 0) is 22.4 Å². The maximum atomic E-state index is 13.3. The average Bonchev–Trinajstić information content (AvgIpc) is 3.00. The van der Waals surface area contributed by atoms with Crippen LogP contribution in [0.3, 0.4) is 0 Å². The maximum absolute atomic E-state index is 13.3. The number of rotatable bonds is 3. The number of nitrogens with zero attached hydrogens (tertiary/aromatic N) is 2. The monoisotopic (exact) mass is 608 g/mol. The molecule has 2 heterocycles. The first-order valence-corrected chi connectivity index (χ1v) is 14.3. The van der Waals surface area contributed by atoms with Crippen LogP contribution in [0.5, 0.6) is 0 Å². The standard InChI is InChI=1S/C27H31Br2ClN2O2/c1-34-22-4-2-3-19(13-22)27(33)32-9-7-16(8-10-32)25-24-17(12-21(30)14-23(24)29)5-6-18-11-20(28)15-31-26(18)25/h11-12,14-16,19,22,25H,2-10,13H2,1H3/t19?,22?,25-/m1/s1. The maximum Gasteiger partial charge on any atom is 0.225 e. The minimum absolute atomic E-state index is 0.116. The van der Waals surface area contributed by atoms with E-state index in [1.54, 1.807) is 7.11 Å². The van der Waals surface area contributed by atoms with Crippen molar-refractivity contribution >= 4 is 49.4 Å². The van der Waals surface area contributed by atoms with Gasteiger partial charge in [-0.05, 0) is 102 Å². The normalized spacial score (nSPS) is 25.4. The summed E-state index contributed by atoms with van der Waals surface area (Å²) in [4.78, 5) is 20.4. The number of aromatic nitrogens is 1. The lowest BCUT2D eigenvalue weighted by atomic mass is 9.76. The SMILES string of the molecule is COC1CCCC(C(=O)N2CCC([C@H]3c4ncc(Br)cc4CCc4cc(Cl)cc(Br)c43)CC2)C1. The fourth-order valence-electron chi connectivity index (χ4n) is 6.32. The van der Waals surface area contributed by atoms with Gasteiger partial charge in [0.25, 0.3) is 0 Å². The molecule has 0 spiro atoms. The Morgan fingerprint density at radius 2 is 1.85 bits per heavy atom. The number of benzene rings is 1. The molecule has 2 fully saturated rings. The largest absolute Gasteiger partial charge is 0.381 e. The molecule has 182 valence electrons. The number of piperidine rings is 1. The lowest BCUT2D eigenvalue weighted by Crippen LogP contribution is -2.44. The van der Waals surface area contributed by atoms with E-state index in [4.69, 9.17) is 21.3 Å². The number of carbonyl (C=O) groups excluding carboxylic acids is 1. The van der Waals surface area contributed by atoms with E-state index in [1.165, 1.54) is 22.4 Å². The van der Waals surface area contributed by atoms with E-state index in [9.17, 15) is 4.79 Å². The van der Waals surface area contributed by atoms with Crippen molar-refractivity contribution in [3.63, 3.8) is 0 Å². The Bertz CT molecular complexity index is 1070. The van der Waals surface area contributed by atoms with Crippen LogP contribution < -0.4 is 0 Å². The molecule has 2 aromatic rings. The second kappa shape index (κ2) is 10.6. The molecule has 0 N–H and O–H groups in total. The zero-order valence-corrected chi connectivity index (χ0v) is 23.5. The van der Waals surface area contributed by atoms with Gasteiger partial charge in [0.05, 0.1) is 11.8 Å². The van der Waals surface area contributed by atoms with Crippen molar-refractivity contribution in [2.45, 2.75) is 63.4 Å². The van der Waals surface area contributed by atoms with Crippen molar-refractivity contribution in [3.05, 3.63) is 60.7 Å². The molecule has 4 nitrogen and oxygen atoms in total. The molecule has 1 saturated heterocycles. The number of pyridine rings is 1. The average molecular weight is 611 g/mol. The molecule has 3 atom stereocenters. The number of halogens is 3. The number of methoxy groups -OCH3 is 1. The number of amides is 1. The van der Waals surface area contributed by atoms with Gasteiger partial charge in [-0.25, -0.2) is 0 Å². The number of ether oxygens (including phenoxy) is 1. The zero-order valence-electron chi connectivity index (χ0n) is 19.5. The van der Waals surface area contributed by atoms with Crippen LogP contribution in [0.2, 0.25) is 5.02 Å². The summed E-state index contributed by atoms with van der Waals surface area (Å²) in [5.41, 5.74) is 5.14. The lowest BCUT2D eigenvalue weighted by molar-refractivity contribution is -0.139. The Kier molecular flexibility index (Phi) is 7.69. The predicted molar refractivity (Wildman–Crippen MR) is 142 cm³/mol. The molecule has 5 rings (SSSR count). The van der Waals surface area contributed by atoms with E-state index < -0.39 is 0 Å². The third-order valence-electron chi connectivity index (χ3n) is 8.05. The summed E-state index contributed by atoms with van der Waals surface area (Å²) in [5.74, 6) is 1.09. The number of likely N-dealkylation sites (tertiary alicyclic amines) is 1. The second-order valence-electron chi connectivity index (χ2n) is 10.0. The van der Waals surface area contributed by atoms with Crippen molar-refractivity contribution in [1.82, 2.24) is 9.88 Å². The molecule has 2 unspecified atom stereocenters. The highest BCUT2D eigenvalue weighted by Gasteiger charge is 2.38. The van der Waals surface area contributed by atoms with Gasteiger partial charge in [0.2, 0.25) is 5.91 Å². The molecule has 1 aromatic heterocycles. The molecule has 7 heteroatoms. The van der Waals surface area contributed by atoms with Crippen LogP contribution in [0.25, 0.3) is 0 Å². The minimum atomic E-state index is 0.116. The Morgan fingerprint density at radius 1 is 1.09 bits per heavy atom. The zero-order chi connectivity index (χ0) is 23.8. The van der Waals surface area contributed by atoms with Crippen LogP contribution in [0.4, 0.5) is 0 Å². The first kappa shape index (κ1) is 24.7. The molecule has 0 radical (unpaired) electrons. The van der Waals surface area contributed by atoms with Gasteiger partial charge in [-0.2, -0.15) is 0 Å². The summed E-state index contributed by atoms with van der Waals surface area (Å²) in [7, 11) is 1.77. The number of fused-ring (bicyclic) bond motifs is 2. The molecule has 3 aliphatic rings. The smallest absolute Gasteiger partial charge is 0.225 e. The summed E-state index contributed by atoms with van der Waals surface area (Å²) in [5, 5.41) is 0.770. The van der Waals surface area contributed by atoms with Crippen molar-refractivity contribution in [2.75, 3.05) is 20.2 Å². The quantitative estimate of drug-likeness (QED) is 0.379. The Hall–Kier alpha value is -0.950. The molecular formula is C27H31Br2ClN2O2. The van der Waals surface area contributed by atoms with Gasteiger partial charge >= 0.3 is 0 Å². The van der Waals surface area contributed by atoms with Gasteiger partial charge in [0, 0.05) is 52.2 Å². The lowest BCUT2D eigenvalue weighted by Gasteiger charge is -2.39. The van der Waals surface area contributed by atoms with Crippen molar-refractivity contribution < 1.29 is 9.53 Å². The fraction of sp³-hybridized carbons (Fsp3) is 0.556. The molecule has 1 saturated carbocycles. The molecular weight excluding hydrogens is 580 g/mol. The minimum Gasteiger partial charge on any atom is -0.381 e. The Labute approximate surface area is 224 Å². The Balaban J connectivity index is 1.40. The first-order valence-electron chi connectivity index (χ1n) is 12.4. The molecule has 34 heavy (non-hydrogen) atoms. The molecule has 2 aliphatic carbocycles. The number of hydrogen-bond donors (Lipinski definition) is 0. The predicted octanol–water partition coefficient (Wildman–Crippen LogP) is 6.93. The third kappa shape index (κ3) is 4.98. The first-order chi connectivity index (χ1) is 16.4. The van der Waals surface area contributed by atoms with Gasteiger partial charge in [0.1, 0.15) is 0 Å². The Morgan fingerprint density at radius 3 is 2.62 bits per heavy atom. The van der Waals surface area contributed by atoms with Gasteiger partial charge in [-0.15, -0.1) is 0 Å². The van der Waals surface area contributed by atoms with E-state index >= 15 is 0 Å². The van der Waals surface area contributed by atoms with Crippen LogP contribution in [0, 0.1) is 11.8 Å². The topological polar surface area (TPSA) is 42.4 Å². The van der Waals surface area contributed by atoms with Crippen molar-refractivity contribution in [1.29, 1.82) is 0 Å².